The fraction of sp³-hybridized carbons (Fsp3) is 0.400. The van der Waals surface area contributed by atoms with Crippen molar-refractivity contribution >= 4 is 23.5 Å². The second-order valence-corrected chi connectivity index (χ2v) is 6.50. The molecule has 0 atom stereocenters. The van der Waals surface area contributed by atoms with Gasteiger partial charge >= 0.3 is 6.01 Å². The number of hydrogen-bond acceptors (Lipinski definition) is 5. The van der Waals surface area contributed by atoms with Crippen molar-refractivity contribution in [2.45, 2.75) is 26.3 Å². The Morgan fingerprint density at radius 2 is 2.14 bits per heavy atom. The average Bonchev–Trinajstić information content (AvgIpc) is 2.85. The van der Waals surface area contributed by atoms with Gasteiger partial charge in [-0.1, -0.05) is 28.9 Å². The van der Waals surface area contributed by atoms with E-state index >= 15 is 0 Å². The van der Waals surface area contributed by atoms with Gasteiger partial charge in [-0.25, -0.2) is 0 Å². The van der Waals surface area contributed by atoms with Crippen LogP contribution in [0.5, 0.6) is 0 Å². The van der Waals surface area contributed by atoms with E-state index in [4.69, 9.17) is 16.1 Å². The third kappa shape index (κ3) is 4.46. The molecule has 0 aliphatic carbocycles. The number of aromatic nitrogens is 2. The maximum atomic E-state index is 11.9. The highest BCUT2D eigenvalue weighted by molar-refractivity contribution is 6.30. The fourth-order valence-electron chi connectivity index (χ4n) is 1.86. The van der Waals surface area contributed by atoms with Gasteiger partial charge in [0.25, 0.3) is 0 Å². The van der Waals surface area contributed by atoms with Gasteiger partial charge in [0, 0.05) is 23.2 Å². The number of anilines is 1. The maximum absolute atomic E-state index is 11.9. The van der Waals surface area contributed by atoms with E-state index in [1.165, 1.54) is 0 Å². The standard InChI is InChI=1S/C15H19ClN4O2/c1-15(2,3)18-12(21)9-20(4)14-17-13(19-22-14)10-6-5-7-11(16)8-10/h5-8H,9H2,1-4H3,(H,18,21). The van der Waals surface area contributed by atoms with E-state index in [1.807, 2.05) is 32.9 Å². The van der Waals surface area contributed by atoms with Crippen LogP contribution in [0, 0.1) is 0 Å². The number of hydrogen-bond donors (Lipinski definition) is 1. The first-order valence-corrected chi connectivity index (χ1v) is 7.24. The smallest absolute Gasteiger partial charge is 0.324 e. The SMILES string of the molecule is CN(CC(=O)NC(C)(C)C)c1nc(-c2cccc(Cl)c2)no1. The van der Waals surface area contributed by atoms with Crippen LogP contribution < -0.4 is 10.2 Å². The lowest BCUT2D eigenvalue weighted by Gasteiger charge is -2.22. The molecular formula is C15H19ClN4O2. The van der Waals surface area contributed by atoms with Crippen LogP contribution in [0.4, 0.5) is 6.01 Å². The largest absolute Gasteiger partial charge is 0.350 e. The number of halogens is 1. The molecule has 7 heteroatoms. The van der Waals surface area contributed by atoms with Crippen LogP contribution in [0.25, 0.3) is 11.4 Å². The van der Waals surface area contributed by atoms with Crippen LogP contribution in [-0.4, -0.2) is 35.2 Å². The zero-order valence-electron chi connectivity index (χ0n) is 13.1. The number of carbonyl (C=O) groups excluding carboxylic acids is 1. The van der Waals surface area contributed by atoms with Crippen molar-refractivity contribution in [3.05, 3.63) is 29.3 Å². The third-order valence-electron chi connectivity index (χ3n) is 2.72. The van der Waals surface area contributed by atoms with Crippen molar-refractivity contribution in [1.29, 1.82) is 0 Å². The molecule has 0 saturated heterocycles. The van der Waals surface area contributed by atoms with Gasteiger partial charge in [-0.3, -0.25) is 4.79 Å². The molecule has 1 amide bonds. The number of likely N-dealkylation sites (N-methyl/N-ethyl adjacent to an activating group) is 1. The maximum Gasteiger partial charge on any atom is 0.324 e. The van der Waals surface area contributed by atoms with Crippen LogP contribution in [0.1, 0.15) is 20.8 Å². The van der Waals surface area contributed by atoms with E-state index in [9.17, 15) is 4.79 Å². The molecule has 1 aromatic carbocycles. The zero-order valence-corrected chi connectivity index (χ0v) is 13.8. The number of benzene rings is 1. The number of nitrogens with one attached hydrogen (secondary N) is 1. The Morgan fingerprint density at radius 3 is 2.77 bits per heavy atom. The molecule has 0 aliphatic heterocycles. The van der Waals surface area contributed by atoms with E-state index in [0.29, 0.717) is 10.8 Å². The van der Waals surface area contributed by atoms with Crippen LogP contribution in [0.15, 0.2) is 28.8 Å². The van der Waals surface area contributed by atoms with Gasteiger partial charge in [0.2, 0.25) is 11.7 Å². The van der Waals surface area contributed by atoms with Crippen molar-refractivity contribution in [2.75, 3.05) is 18.5 Å². The molecule has 1 heterocycles. The molecule has 0 spiro atoms. The summed E-state index contributed by atoms with van der Waals surface area (Å²) in [5.41, 5.74) is 0.480. The van der Waals surface area contributed by atoms with Crippen LogP contribution in [0.2, 0.25) is 5.02 Å². The Hall–Kier alpha value is -2.08. The van der Waals surface area contributed by atoms with Gasteiger partial charge in [0.05, 0.1) is 0 Å². The normalized spacial score (nSPS) is 11.3. The van der Waals surface area contributed by atoms with Gasteiger partial charge < -0.3 is 14.7 Å². The van der Waals surface area contributed by atoms with Gasteiger partial charge in [0.15, 0.2) is 0 Å². The molecule has 0 bridgehead atoms. The lowest BCUT2D eigenvalue weighted by Crippen LogP contribution is -2.45. The molecule has 0 radical (unpaired) electrons. The Balaban J connectivity index is 2.06. The van der Waals surface area contributed by atoms with Crippen molar-refractivity contribution in [3.8, 4) is 11.4 Å². The minimum absolute atomic E-state index is 0.113. The number of carbonyl (C=O) groups is 1. The Labute approximate surface area is 134 Å². The van der Waals surface area contributed by atoms with Gasteiger partial charge in [-0.2, -0.15) is 4.98 Å². The first kappa shape index (κ1) is 16.3. The Bertz CT molecular complexity index is 664. The molecule has 0 aliphatic rings. The number of rotatable bonds is 4. The lowest BCUT2D eigenvalue weighted by atomic mass is 10.1. The van der Waals surface area contributed by atoms with E-state index in [-0.39, 0.29) is 24.0 Å². The molecule has 1 aromatic heterocycles. The van der Waals surface area contributed by atoms with E-state index in [1.54, 1.807) is 24.1 Å². The van der Waals surface area contributed by atoms with E-state index in [0.717, 1.165) is 5.56 Å². The average molecular weight is 323 g/mol. The number of nitrogens with zero attached hydrogens (tertiary/aromatic N) is 3. The summed E-state index contributed by atoms with van der Waals surface area (Å²) in [5.74, 6) is 0.318. The molecule has 1 N–H and O–H groups in total. The van der Waals surface area contributed by atoms with Crippen molar-refractivity contribution < 1.29 is 9.32 Å². The van der Waals surface area contributed by atoms with Crippen molar-refractivity contribution in [2.24, 2.45) is 0 Å². The summed E-state index contributed by atoms with van der Waals surface area (Å²) in [6, 6.07) is 7.46. The Kier molecular flexibility index (Phi) is 4.71. The van der Waals surface area contributed by atoms with E-state index in [2.05, 4.69) is 15.5 Å². The first-order chi connectivity index (χ1) is 10.2. The predicted octanol–water partition coefficient (Wildman–Crippen LogP) is 2.74. The minimum atomic E-state index is -0.279. The topological polar surface area (TPSA) is 71.3 Å². The third-order valence-corrected chi connectivity index (χ3v) is 2.95. The highest BCUT2D eigenvalue weighted by Crippen LogP contribution is 2.22. The summed E-state index contributed by atoms with van der Waals surface area (Å²) in [6.45, 7) is 5.91. The summed E-state index contributed by atoms with van der Waals surface area (Å²) in [6.07, 6.45) is 0. The molecule has 0 unspecified atom stereocenters. The van der Waals surface area contributed by atoms with Crippen LogP contribution >= 0.6 is 11.6 Å². The summed E-state index contributed by atoms with van der Waals surface area (Å²) < 4.78 is 5.19. The lowest BCUT2D eigenvalue weighted by molar-refractivity contribution is -0.121. The Morgan fingerprint density at radius 1 is 1.41 bits per heavy atom. The van der Waals surface area contributed by atoms with Gasteiger partial charge in [0.1, 0.15) is 6.54 Å². The molecule has 2 aromatic rings. The molecule has 0 fully saturated rings. The highest BCUT2D eigenvalue weighted by Gasteiger charge is 2.18. The minimum Gasteiger partial charge on any atom is -0.350 e. The number of amides is 1. The second kappa shape index (κ2) is 6.36. The first-order valence-electron chi connectivity index (χ1n) is 6.86. The molecular weight excluding hydrogens is 304 g/mol. The highest BCUT2D eigenvalue weighted by atomic mass is 35.5. The molecule has 118 valence electrons. The van der Waals surface area contributed by atoms with Crippen molar-refractivity contribution in [1.82, 2.24) is 15.5 Å². The predicted molar refractivity (Wildman–Crippen MR) is 85.9 cm³/mol. The monoisotopic (exact) mass is 322 g/mol. The van der Waals surface area contributed by atoms with Gasteiger partial charge in [-0.05, 0) is 32.9 Å². The zero-order chi connectivity index (χ0) is 16.3. The summed E-state index contributed by atoms with van der Waals surface area (Å²) in [4.78, 5) is 17.8. The van der Waals surface area contributed by atoms with Crippen LogP contribution in [0.3, 0.4) is 0 Å². The molecule has 22 heavy (non-hydrogen) atoms. The van der Waals surface area contributed by atoms with E-state index < -0.39 is 0 Å². The molecule has 0 saturated carbocycles. The quantitative estimate of drug-likeness (QED) is 0.937. The van der Waals surface area contributed by atoms with Crippen molar-refractivity contribution in [3.63, 3.8) is 0 Å². The van der Waals surface area contributed by atoms with Gasteiger partial charge in [-0.15, -0.1) is 0 Å². The molecule has 2 rings (SSSR count). The summed E-state index contributed by atoms with van der Waals surface area (Å²) >= 11 is 5.94. The fourth-order valence-corrected chi connectivity index (χ4v) is 2.05. The summed E-state index contributed by atoms with van der Waals surface area (Å²) in [5, 5.41) is 7.39. The summed E-state index contributed by atoms with van der Waals surface area (Å²) in [7, 11) is 1.72. The molecule has 6 nitrogen and oxygen atoms in total. The van der Waals surface area contributed by atoms with Crippen LogP contribution in [-0.2, 0) is 4.79 Å². The second-order valence-electron chi connectivity index (χ2n) is 6.07.